The molecule has 132 valence electrons. The first-order valence-electron chi connectivity index (χ1n) is 7.99. The van der Waals surface area contributed by atoms with Crippen LogP contribution < -0.4 is 0 Å². The fraction of sp³-hybridized carbons (Fsp3) is 0.263. The fourth-order valence-corrected chi connectivity index (χ4v) is 2.95. The van der Waals surface area contributed by atoms with Crippen molar-refractivity contribution in [2.24, 2.45) is 0 Å². The van der Waals surface area contributed by atoms with Crippen molar-refractivity contribution in [2.75, 3.05) is 13.1 Å². The lowest BCUT2D eigenvalue weighted by molar-refractivity contribution is -0.147. The molecule has 0 aliphatic carbocycles. The van der Waals surface area contributed by atoms with Gasteiger partial charge in [0.25, 0.3) is 0 Å². The van der Waals surface area contributed by atoms with Crippen LogP contribution in [0.25, 0.3) is 10.9 Å². The summed E-state index contributed by atoms with van der Waals surface area (Å²) < 4.78 is 52.1. The highest BCUT2D eigenvalue weighted by molar-refractivity contribution is 5.83. The van der Waals surface area contributed by atoms with Crippen LogP contribution in [0.2, 0.25) is 0 Å². The maximum atomic E-state index is 13.4. The zero-order valence-electron chi connectivity index (χ0n) is 13.5. The van der Waals surface area contributed by atoms with Gasteiger partial charge in [-0.25, -0.2) is 4.39 Å². The van der Waals surface area contributed by atoms with E-state index in [1.807, 2.05) is 30.3 Å². The van der Waals surface area contributed by atoms with E-state index in [1.165, 1.54) is 17.0 Å². The Bertz CT molecular complexity index is 824. The summed E-state index contributed by atoms with van der Waals surface area (Å²) >= 11 is 0. The van der Waals surface area contributed by atoms with Crippen LogP contribution in [0.5, 0.6) is 0 Å². The maximum absolute atomic E-state index is 13.4. The highest BCUT2D eigenvalue weighted by Crippen LogP contribution is 2.22. The fourth-order valence-electron chi connectivity index (χ4n) is 2.95. The number of halogens is 4. The third kappa shape index (κ3) is 4.82. The zero-order chi connectivity index (χ0) is 17.9. The van der Waals surface area contributed by atoms with Gasteiger partial charge in [0.05, 0.1) is 6.54 Å². The highest BCUT2D eigenvalue weighted by atomic mass is 19.4. The molecule has 0 aliphatic rings. The minimum atomic E-state index is -4.26. The number of benzene rings is 2. The Morgan fingerprint density at radius 2 is 1.76 bits per heavy atom. The Morgan fingerprint density at radius 3 is 2.48 bits per heavy atom. The average molecular weight is 350 g/mol. The number of hydrogen-bond acceptors (Lipinski definition) is 1. The molecule has 1 aromatic heterocycles. The summed E-state index contributed by atoms with van der Waals surface area (Å²) in [5.74, 6) is -0.357. The zero-order valence-corrected chi connectivity index (χ0v) is 13.5. The molecule has 25 heavy (non-hydrogen) atoms. The van der Waals surface area contributed by atoms with Gasteiger partial charge in [-0.15, -0.1) is 0 Å². The molecule has 0 amide bonds. The van der Waals surface area contributed by atoms with E-state index in [9.17, 15) is 17.6 Å². The van der Waals surface area contributed by atoms with Gasteiger partial charge < -0.3 is 4.98 Å². The van der Waals surface area contributed by atoms with E-state index in [-0.39, 0.29) is 18.9 Å². The molecule has 0 bridgehead atoms. The molecule has 0 saturated heterocycles. The lowest BCUT2D eigenvalue weighted by Gasteiger charge is -2.23. The SMILES string of the molecule is Fc1ccc2[nH]cc(CCN(Cc3ccccc3)CC(F)(F)F)c2c1. The quantitative estimate of drug-likeness (QED) is 0.626. The van der Waals surface area contributed by atoms with E-state index in [0.717, 1.165) is 16.6 Å². The third-order valence-corrected chi connectivity index (χ3v) is 4.08. The van der Waals surface area contributed by atoms with Crippen LogP contribution in [0, 0.1) is 5.82 Å². The van der Waals surface area contributed by atoms with Gasteiger partial charge in [0.15, 0.2) is 0 Å². The van der Waals surface area contributed by atoms with Crippen LogP contribution in [0.4, 0.5) is 17.6 Å². The largest absolute Gasteiger partial charge is 0.401 e. The van der Waals surface area contributed by atoms with E-state index in [2.05, 4.69) is 4.98 Å². The summed E-state index contributed by atoms with van der Waals surface area (Å²) in [6.07, 6.45) is -2.12. The second kappa shape index (κ2) is 7.27. The van der Waals surface area contributed by atoms with Gasteiger partial charge in [0, 0.05) is 30.2 Å². The number of nitrogens with zero attached hydrogens (tertiary/aromatic N) is 1. The lowest BCUT2D eigenvalue weighted by atomic mass is 10.1. The number of alkyl halides is 3. The highest BCUT2D eigenvalue weighted by Gasteiger charge is 2.30. The van der Waals surface area contributed by atoms with Crippen LogP contribution >= 0.6 is 0 Å². The van der Waals surface area contributed by atoms with Crippen molar-refractivity contribution in [1.29, 1.82) is 0 Å². The van der Waals surface area contributed by atoms with E-state index in [4.69, 9.17) is 0 Å². The summed E-state index contributed by atoms with van der Waals surface area (Å²) in [5.41, 5.74) is 2.42. The molecule has 0 fully saturated rings. The third-order valence-electron chi connectivity index (χ3n) is 4.08. The van der Waals surface area contributed by atoms with Gasteiger partial charge >= 0.3 is 6.18 Å². The molecule has 1 N–H and O–H groups in total. The number of nitrogens with one attached hydrogen (secondary N) is 1. The van der Waals surface area contributed by atoms with Crippen molar-refractivity contribution in [3.05, 3.63) is 71.7 Å². The van der Waals surface area contributed by atoms with Crippen LogP contribution in [0.1, 0.15) is 11.1 Å². The van der Waals surface area contributed by atoms with Crippen LogP contribution in [-0.2, 0) is 13.0 Å². The van der Waals surface area contributed by atoms with Gasteiger partial charge in [0.2, 0.25) is 0 Å². The Balaban J connectivity index is 1.74. The molecule has 0 spiro atoms. The summed E-state index contributed by atoms with van der Waals surface area (Å²) in [5, 5.41) is 0.715. The van der Waals surface area contributed by atoms with Crippen LogP contribution in [0.3, 0.4) is 0 Å². The van der Waals surface area contributed by atoms with Gasteiger partial charge in [-0.2, -0.15) is 13.2 Å². The van der Waals surface area contributed by atoms with Gasteiger partial charge in [-0.1, -0.05) is 30.3 Å². The number of hydrogen-bond donors (Lipinski definition) is 1. The minimum Gasteiger partial charge on any atom is -0.361 e. The lowest BCUT2D eigenvalue weighted by Crippen LogP contribution is -2.35. The Kier molecular flexibility index (Phi) is 5.08. The minimum absolute atomic E-state index is 0.219. The first-order chi connectivity index (χ1) is 11.9. The van der Waals surface area contributed by atoms with E-state index in [0.29, 0.717) is 11.8 Å². The monoisotopic (exact) mass is 350 g/mol. The van der Waals surface area contributed by atoms with Gasteiger partial charge in [-0.05, 0) is 35.7 Å². The van der Waals surface area contributed by atoms with Crippen molar-refractivity contribution >= 4 is 10.9 Å². The number of H-pyrrole nitrogens is 1. The van der Waals surface area contributed by atoms with Crippen LogP contribution in [-0.4, -0.2) is 29.1 Å². The second-order valence-electron chi connectivity index (χ2n) is 6.07. The molecule has 0 saturated carbocycles. The molecule has 2 nitrogen and oxygen atoms in total. The topological polar surface area (TPSA) is 19.0 Å². The number of aromatic nitrogens is 1. The standard InChI is InChI=1S/C19H18F4N2/c20-16-6-7-18-17(10-16)15(11-24-18)8-9-25(13-19(21,22)23)12-14-4-2-1-3-5-14/h1-7,10-11,24H,8-9,12-13H2. The maximum Gasteiger partial charge on any atom is 0.401 e. The summed E-state index contributed by atoms with van der Waals surface area (Å²) in [7, 11) is 0. The second-order valence-corrected chi connectivity index (χ2v) is 6.07. The van der Waals surface area contributed by atoms with E-state index in [1.54, 1.807) is 12.3 Å². The number of rotatable bonds is 6. The Labute approximate surface area is 143 Å². The van der Waals surface area contributed by atoms with Crippen molar-refractivity contribution in [2.45, 2.75) is 19.1 Å². The van der Waals surface area contributed by atoms with Gasteiger partial charge in [0.1, 0.15) is 5.82 Å². The Morgan fingerprint density at radius 1 is 1.00 bits per heavy atom. The molecule has 3 rings (SSSR count). The first kappa shape index (κ1) is 17.5. The predicted molar refractivity (Wildman–Crippen MR) is 89.7 cm³/mol. The van der Waals surface area contributed by atoms with E-state index < -0.39 is 12.7 Å². The van der Waals surface area contributed by atoms with Crippen molar-refractivity contribution in [1.82, 2.24) is 9.88 Å². The summed E-state index contributed by atoms with van der Waals surface area (Å²) in [4.78, 5) is 4.40. The van der Waals surface area contributed by atoms with E-state index >= 15 is 0 Å². The summed E-state index contributed by atoms with van der Waals surface area (Å²) in [6, 6.07) is 13.5. The molecule has 3 aromatic rings. The van der Waals surface area contributed by atoms with Crippen molar-refractivity contribution in [3.8, 4) is 0 Å². The average Bonchev–Trinajstić information content (AvgIpc) is 2.94. The molecular weight excluding hydrogens is 332 g/mol. The molecule has 1 heterocycles. The molecule has 0 unspecified atom stereocenters. The predicted octanol–water partition coefficient (Wildman–Crippen LogP) is 4.91. The molecular formula is C19H18F4N2. The molecule has 6 heteroatoms. The normalized spacial score (nSPS) is 12.2. The molecule has 2 aromatic carbocycles. The summed E-state index contributed by atoms with van der Waals surface area (Å²) in [6.45, 7) is -0.520. The first-order valence-corrected chi connectivity index (χ1v) is 7.99. The molecule has 0 radical (unpaired) electrons. The molecule has 0 atom stereocenters. The Hall–Kier alpha value is -2.34. The number of aromatic amines is 1. The number of fused-ring (bicyclic) bond motifs is 1. The molecule has 0 aliphatic heterocycles. The van der Waals surface area contributed by atoms with Crippen molar-refractivity contribution in [3.63, 3.8) is 0 Å². The van der Waals surface area contributed by atoms with Gasteiger partial charge in [-0.3, -0.25) is 4.90 Å². The van der Waals surface area contributed by atoms with Crippen LogP contribution in [0.15, 0.2) is 54.7 Å². The smallest absolute Gasteiger partial charge is 0.361 e. The van der Waals surface area contributed by atoms with Crippen molar-refractivity contribution < 1.29 is 17.6 Å².